The molecule has 1 aromatic carbocycles. The van der Waals surface area contributed by atoms with Crippen LogP contribution in [0.3, 0.4) is 0 Å². The van der Waals surface area contributed by atoms with Crippen LogP contribution in [0.4, 0.5) is 0 Å². The molecule has 7 heteroatoms. The van der Waals surface area contributed by atoms with Crippen molar-refractivity contribution in [1.82, 2.24) is 10.2 Å². The number of hydrogen-bond acceptors (Lipinski definition) is 6. The number of aromatic amines is 1. The molecule has 124 valence electrons. The largest absolute Gasteiger partial charge is 0.477 e. The molecule has 0 bridgehead atoms. The van der Waals surface area contributed by atoms with Gasteiger partial charge in [-0.2, -0.15) is 5.10 Å². The summed E-state index contributed by atoms with van der Waals surface area (Å²) < 4.78 is 5.82. The molecule has 0 radical (unpaired) electrons. The second-order valence-corrected chi connectivity index (χ2v) is 6.84. The number of nitrogens with one attached hydrogen (secondary N) is 1. The third kappa shape index (κ3) is 3.23. The lowest BCUT2D eigenvalue weighted by atomic mass is 10.0. The Balaban J connectivity index is 1.81. The third-order valence-electron chi connectivity index (χ3n) is 3.96. The van der Waals surface area contributed by atoms with Crippen molar-refractivity contribution in [2.24, 2.45) is 0 Å². The fourth-order valence-electron chi connectivity index (χ4n) is 2.72. The van der Waals surface area contributed by atoms with Gasteiger partial charge in [-0.05, 0) is 31.5 Å². The number of aliphatic hydroxyl groups is 3. The zero-order valence-corrected chi connectivity index (χ0v) is 13.7. The van der Waals surface area contributed by atoms with Gasteiger partial charge in [0.2, 0.25) is 0 Å². The van der Waals surface area contributed by atoms with E-state index in [-0.39, 0.29) is 0 Å². The van der Waals surface area contributed by atoms with Gasteiger partial charge in [-0.25, -0.2) is 0 Å². The highest BCUT2D eigenvalue weighted by Gasteiger charge is 2.38. The summed E-state index contributed by atoms with van der Waals surface area (Å²) >= 11 is 1.29. The highest BCUT2D eigenvalue weighted by molar-refractivity contribution is 7.99. The number of nitrogens with zero attached hydrogens (tertiary/aromatic N) is 1. The SMILES string of the molecule is Cc1n[nH]c(C)c1-c1cccc(O[C@@H]2SC[C@@H](O)[C@H](O)[C@H]2O)c1. The predicted octanol–water partition coefficient (Wildman–Crippen LogP) is 1.23. The van der Waals surface area contributed by atoms with Crippen molar-refractivity contribution >= 4 is 11.8 Å². The molecule has 0 saturated carbocycles. The van der Waals surface area contributed by atoms with Gasteiger partial charge in [0, 0.05) is 17.0 Å². The molecule has 0 amide bonds. The number of H-pyrrole nitrogens is 1. The molecule has 4 atom stereocenters. The van der Waals surface area contributed by atoms with Crippen molar-refractivity contribution in [2.45, 2.75) is 37.6 Å². The van der Waals surface area contributed by atoms with Crippen LogP contribution in [-0.2, 0) is 0 Å². The molecule has 4 N–H and O–H groups in total. The van der Waals surface area contributed by atoms with Gasteiger partial charge in [-0.3, -0.25) is 5.10 Å². The average molecular weight is 336 g/mol. The molecule has 6 nitrogen and oxygen atoms in total. The van der Waals surface area contributed by atoms with Gasteiger partial charge in [0.25, 0.3) is 0 Å². The molecule has 0 unspecified atom stereocenters. The van der Waals surface area contributed by atoms with Crippen molar-refractivity contribution in [1.29, 1.82) is 0 Å². The van der Waals surface area contributed by atoms with Gasteiger partial charge in [0.15, 0.2) is 5.44 Å². The van der Waals surface area contributed by atoms with Crippen molar-refractivity contribution in [3.63, 3.8) is 0 Å². The van der Waals surface area contributed by atoms with E-state index in [4.69, 9.17) is 4.74 Å². The van der Waals surface area contributed by atoms with Gasteiger partial charge in [-0.1, -0.05) is 12.1 Å². The maximum Gasteiger partial charge on any atom is 0.173 e. The fraction of sp³-hybridized carbons (Fsp3) is 0.438. The minimum Gasteiger partial charge on any atom is -0.477 e. The van der Waals surface area contributed by atoms with E-state index in [2.05, 4.69) is 10.2 Å². The molecule has 3 rings (SSSR count). The van der Waals surface area contributed by atoms with Crippen LogP contribution in [0.5, 0.6) is 5.75 Å². The van der Waals surface area contributed by atoms with Crippen LogP contribution in [0.15, 0.2) is 24.3 Å². The monoisotopic (exact) mass is 336 g/mol. The molecule has 2 heterocycles. The first-order chi connectivity index (χ1) is 11.0. The van der Waals surface area contributed by atoms with Crippen molar-refractivity contribution in [3.8, 4) is 16.9 Å². The van der Waals surface area contributed by atoms with E-state index in [0.717, 1.165) is 22.5 Å². The lowest BCUT2D eigenvalue weighted by molar-refractivity contribution is -0.0786. The first kappa shape index (κ1) is 16.3. The Kier molecular flexibility index (Phi) is 4.63. The van der Waals surface area contributed by atoms with Crippen LogP contribution in [0.2, 0.25) is 0 Å². The van der Waals surface area contributed by atoms with E-state index < -0.39 is 23.7 Å². The maximum atomic E-state index is 10.0. The molecular formula is C16H20N2O4S. The Labute approximate surface area is 138 Å². The molecule has 23 heavy (non-hydrogen) atoms. The molecule has 0 spiro atoms. The molecule has 0 aliphatic carbocycles. The smallest absolute Gasteiger partial charge is 0.173 e. The first-order valence-corrected chi connectivity index (χ1v) is 8.46. The average Bonchev–Trinajstić information content (AvgIpc) is 2.87. The highest BCUT2D eigenvalue weighted by Crippen LogP contribution is 2.32. The summed E-state index contributed by atoms with van der Waals surface area (Å²) in [4.78, 5) is 0. The lowest BCUT2D eigenvalue weighted by Gasteiger charge is -2.34. The summed E-state index contributed by atoms with van der Waals surface area (Å²) in [5, 5.41) is 36.5. The van der Waals surface area contributed by atoms with E-state index in [1.54, 1.807) is 6.07 Å². The van der Waals surface area contributed by atoms with Crippen LogP contribution in [-0.4, -0.2) is 55.0 Å². The number of aliphatic hydroxyl groups excluding tert-OH is 3. The van der Waals surface area contributed by atoms with Crippen molar-refractivity contribution < 1.29 is 20.1 Å². The van der Waals surface area contributed by atoms with Gasteiger partial charge in [0.1, 0.15) is 18.0 Å². The number of aryl methyl sites for hydroxylation is 2. The first-order valence-electron chi connectivity index (χ1n) is 7.42. The minimum atomic E-state index is -1.19. The van der Waals surface area contributed by atoms with Gasteiger partial charge in [-0.15, -0.1) is 11.8 Å². The lowest BCUT2D eigenvalue weighted by Crippen LogP contribution is -2.50. The standard InChI is InChI=1S/C16H20N2O4S/c1-8-13(9(2)18-17-8)10-4-3-5-11(6-10)22-16-15(21)14(20)12(19)7-23-16/h3-6,12,14-16,19-21H,7H2,1-2H3,(H,17,18)/t12-,14+,15-,16-/m1/s1. The normalized spacial score (nSPS) is 27.9. The minimum absolute atomic E-state index is 0.322. The van der Waals surface area contributed by atoms with Gasteiger partial charge < -0.3 is 20.1 Å². The quantitative estimate of drug-likeness (QED) is 0.673. The Morgan fingerprint density at radius 2 is 2.00 bits per heavy atom. The van der Waals surface area contributed by atoms with Gasteiger partial charge in [0.05, 0.1) is 11.8 Å². The second kappa shape index (κ2) is 6.52. The molecule has 1 aliphatic rings. The number of benzene rings is 1. The number of ether oxygens (including phenoxy) is 1. The Bertz CT molecular complexity index is 671. The van der Waals surface area contributed by atoms with Crippen molar-refractivity contribution in [3.05, 3.63) is 35.7 Å². The number of rotatable bonds is 3. The number of thioether (sulfide) groups is 1. The predicted molar refractivity (Wildman–Crippen MR) is 88.4 cm³/mol. The van der Waals surface area contributed by atoms with Crippen LogP contribution < -0.4 is 4.74 Å². The summed E-state index contributed by atoms with van der Waals surface area (Å²) in [5.74, 6) is 0.922. The van der Waals surface area contributed by atoms with Crippen LogP contribution in [0.25, 0.3) is 11.1 Å². The second-order valence-electron chi connectivity index (χ2n) is 5.70. The summed E-state index contributed by atoms with van der Waals surface area (Å²) in [6.07, 6.45) is -3.26. The van der Waals surface area contributed by atoms with E-state index in [9.17, 15) is 15.3 Å². The molecular weight excluding hydrogens is 316 g/mol. The highest BCUT2D eigenvalue weighted by atomic mass is 32.2. The van der Waals surface area contributed by atoms with E-state index in [0.29, 0.717) is 11.5 Å². The Hall–Kier alpha value is -1.54. The summed E-state index contributed by atoms with van der Waals surface area (Å²) in [6.45, 7) is 3.90. The van der Waals surface area contributed by atoms with Gasteiger partial charge >= 0.3 is 0 Å². The molecule has 2 aromatic rings. The molecule has 1 aromatic heterocycles. The summed E-state index contributed by atoms with van der Waals surface area (Å²) in [6, 6.07) is 7.54. The Morgan fingerprint density at radius 1 is 1.22 bits per heavy atom. The van der Waals surface area contributed by atoms with Crippen LogP contribution >= 0.6 is 11.8 Å². The third-order valence-corrected chi connectivity index (χ3v) is 5.19. The number of aromatic nitrogens is 2. The number of hydrogen-bond donors (Lipinski definition) is 4. The maximum absolute atomic E-state index is 10.0. The molecule has 1 aliphatic heterocycles. The fourth-order valence-corrected chi connectivity index (χ4v) is 3.84. The summed E-state index contributed by atoms with van der Waals surface area (Å²) in [5.41, 5.74) is 3.27. The molecule has 1 saturated heterocycles. The van der Waals surface area contributed by atoms with E-state index in [1.807, 2.05) is 32.0 Å². The topological polar surface area (TPSA) is 98.6 Å². The Morgan fingerprint density at radius 3 is 2.70 bits per heavy atom. The zero-order valence-electron chi connectivity index (χ0n) is 12.9. The summed E-state index contributed by atoms with van der Waals surface area (Å²) in [7, 11) is 0. The van der Waals surface area contributed by atoms with E-state index in [1.165, 1.54) is 11.8 Å². The zero-order chi connectivity index (χ0) is 16.6. The van der Waals surface area contributed by atoms with Crippen LogP contribution in [0, 0.1) is 13.8 Å². The van der Waals surface area contributed by atoms with E-state index >= 15 is 0 Å². The van der Waals surface area contributed by atoms with Crippen molar-refractivity contribution in [2.75, 3.05) is 5.75 Å². The molecule has 1 fully saturated rings. The van der Waals surface area contributed by atoms with Crippen LogP contribution in [0.1, 0.15) is 11.4 Å².